The topological polar surface area (TPSA) is 129 Å². The molecular formula is C32H32N8O3. The number of ether oxygens (including phenoxy) is 1. The Bertz CT molecular complexity index is 1930. The van der Waals surface area contributed by atoms with Crippen LogP contribution < -0.4 is 15.8 Å². The van der Waals surface area contributed by atoms with Crippen LogP contribution in [0.1, 0.15) is 34.9 Å². The van der Waals surface area contributed by atoms with Crippen molar-refractivity contribution in [3.63, 3.8) is 0 Å². The van der Waals surface area contributed by atoms with Crippen molar-refractivity contribution in [1.29, 1.82) is 0 Å². The maximum atomic E-state index is 13.3. The Kier molecular flexibility index (Phi) is 6.78. The number of anilines is 2. The molecule has 5 heterocycles. The number of nitrogens with zero attached hydrogens (tertiary/aromatic N) is 6. The molecule has 0 bridgehead atoms. The van der Waals surface area contributed by atoms with Crippen molar-refractivity contribution in [2.45, 2.75) is 25.4 Å². The minimum atomic E-state index is -0.226. The molecule has 11 nitrogen and oxygen atoms in total. The SMILES string of the molecule is COc1cc(-c2nn(C3CCN(Cc4ccoc4)CC3)c3ncnc(N)c23)ccc1NC(=O)c1cc2ccccc2n1C. The predicted molar refractivity (Wildman–Crippen MR) is 165 cm³/mol. The number of benzene rings is 2. The average molecular weight is 577 g/mol. The van der Waals surface area contributed by atoms with Crippen LogP contribution in [0.25, 0.3) is 33.2 Å². The van der Waals surface area contributed by atoms with Gasteiger partial charge in [-0.15, -0.1) is 0 Å². The molecule has 0 atom stereocenters. The van der Waals surface area contributed by atoms with Crippen LogP contribution in [0.3, 0.4) is 0 Å². The second kappa shape index (κ2) is 10.9. The number of amides is 1. The molecule has 1 aliphatic rings. The minimum absolute atomic E-state index is 0.174. The first-order valence-electron chi connectivity index (χ1n) is 14.3. The first kappa shape index (κ1) is 26.7. The Labute approximate surface area is 247 Å². The molecule has 2 aromatic carbocycles. The number of aryl methyl sites for hydroxylation is 1. The molecule has 4 aromatic heterocycles. The zero-order valence-electron chi connectivity index (χ0n) is 24.0. The van der Waals surface area contributed by atoms with Gasteiger partial charge >= 0.3 is 0 Å². The molecule has 0 unspecified atom stereocenters. The zero-order valence-corrected chi connectivity index (χ0v) is 24.0. The number of likely N-dealkylation sites (tertiary alicyclic amines) is 1. The summed E-state index contributed by atoms with van der Waals surface area (Å²) in [5.74, 6) is 0.655. The quantitative estimate of drug-likeness (QED) is 0.263. The summed E-state index contributed by atoms with van der Waals surface area (Å²) in [4.78, 5) is 24.6. The van der Waals surface area contributed by atoms with Gasteiger partial charge in [0, 0.05) is 48.7 Å². The van der Waals surface area contributed by atoms with E-state index in [2.05, 4.69) is 20.2 Å². The first-order chi connectivity index (χ1) is 21.0. The number of methoxy groups -OCH3 is 1. The van der Waals surface area contributed by atoms with Gasteiger partial charge in [-0.1, -0.05) is 24.3 Å². The number of nitrogen functional groups attached to an aromatic ring is 1. The molecule has 7 rings (SSSR count). The van der Waals surface area contributed by atoms with E-state index in [9.17, 15) is 4.79 Å². The van der Waals surface area contributed by atoms with Crippen molar-refractivity contribution in [2.24, 2.45) is 7.05 Å². The predicted octanol–water partition coefficient (Wildman–Crippen LogP) is 5.26. The first-order valence-corrected chi connectivity index (χ1v) is 14.3. The van der Waals surface area contributed by atoms with Gasteiger partial charge in [-0.05, 0) is 43.2 Å². The number of piperidine rings is 1. The Morgan fingerprint density at radius 2 is 1.95 bits per heavy atom. The number of para-hydroxylation sites is 1. The van der Waals surface area contributed by atoms with E-state index in [-0.39, 0.29) is 11.9 Å². The van der Waals surface area contributed by atoms with Gasteiger partial charge in [-0.25, -0.2) is 14.6 Å². The summed E-state index contributed by atoms with van der Waals surface area (Å²) in [6, 6.07) is 17.6. The molecule has 43 heavy (non-hydrogen) atoms. The molecular weight excluding hydrogens is 544 g/mol. The Morgan fingerprint density at radius 3 is 2.72 bits per heavy atom. The monoisotopic (exact) mass is 576 g/mol. The summed E-state index contributed by atoms with van der Waals surface area (Å²) in [6.45, 7) is 2.74. The van der Waals surface area contributed by atoms with Crippen molar-refractivity contribution < 1.29 is 13.9 Å². The fraction of sp³-hybridized carbons (Fsp3) is 0.250. The number of carbonyl (C=O) groups excluding carboxylic acids is 1. The van der Waals surface area contributed by atoms with Gasteiger partial charge in [0.2, 0.25) is 0 Å². The van der Waals surface area contributed by atoms with E-state index in [1.54, 1.807) is 19.6 Å². The van der Waals surface area contributed by atoms with Gasteiger partial charge in [-0.3, -0.25) is 9.69 Å². The van der Waals surface area contributed by atoms with Crippen LogP contribution in [0.15, 0.2) is 77.9 Å². The van der Waals surface area contributed by atoms with Crippen molar-refractivity contribution in [2.75, 3.05) is 31.2 Å². The summed E-state index contributed by atoms with van der Waals surface area (Å²) in [7, 11) is 3.46. The Balaban J connectivity index is 1.17. The van der Waals surface area contributed by atoms with Crippen LogP contribution in [0.2, 0.25) is 0 Å². The lowest BCUT2D eigenvalue weighted by molar-refractivity contribution is 0.101. The average Bonchev–Trinajstić information content (AvgIpc) is 3.77. The van der Waals surface area contributed by atoms with E-state index in [1.807, 2.05) is 70.9 Å². The highest BCUT2D eigenvalue weighted by atomic mass is 16.5. The minimum Gasteiger partial charge on any atom is -0.495 e. The van der Waals surface area contributed by atoms with Crippen LogP contribution in [0.4, 0.5) is 11.5 Å². The molecule has 218 valence electrons. The lowest BCUT2D eigenvalue weighted by Gasteiger charge is -2.31. The molecule has 1 fully saturated rings. The molecule has 0 aliphatic carbocycles. The second-order valence-corrected chi connectivity index (χ2v) is 10.9. The molecule has 1 saturated heterocycles. The van der Waals surface area contributed by atoms with Gasteiger partial charge in [0.15, 0.2) is 5.65 Å². The fourth-order valence-corrected chi connectivity index (χ4v) is 6.05. The number of hydrogen-bond donors (Lipinski definition) is 2. The van der Waals surface area contributed by atoms with Gasteiger partial charge < -0.3 is 24.8 Å². The maximum Gasteiger partial charge on any atom is 0.272 e. The highest BCUT2D eigenvalue weighted by Gasteiger charge is 2.27. The van der Waals surface area contributed by atoms with Gasteiger partial charge in [0.25, 0.3) is 5.91 Å². The summed E-state index contributed by atoms with van der Waals surface area (Å²) in [6.07, 6.45) is 6.86. The summed E-state index contributed by atoms with van der Waals surface area (Å²) >= 11 is 0. The lowest BCUT2D eigenvalue weighted by atomic mass is 10.0. The number of aromatic nitrogens is 5. The number of nitrogens with two attached hydrogens (primary N) is 1. The molecule has 3 N–H and O–H groups in total. The number of nitrogens with one attached hydrogen (secondary N) is 1. The zero-order chi connectivity index (χ0) is 29.5. The van der Waals surface area contributed by atoms with Gasteiger partial charge in [0.05, 0.1) is 36.8 Å². The number of carbonyl (C=O) groups is 1. The van der Waals surface area contributed by atoms with Gasteiger partial charge in [-0.2, -0.15) is 5.10 Å². The molecule has 11 heteroatoms. The van der Waals surface area contributed by atoms with E-state index in [4.69, 9.17) is 20.0 Å². The maximum absolute atomic E-state index is 13.3. The van der Waals surface area contributed by atoms with Crippen LogP contribution in [0.5, 0.6) is 5.75 Å². The molecule has 1 amide bonds. The van der Waals surface area contributed by atoms with Crippen molar-refractivity contribution >= 4 is 39.3 Å². The van der Waals surface area contributed by atoms with E-state index in [1.165, 1.54) is 11.9 Å². The summed E-state index contributed by atoms with van der Waals surface area (Å²) in [5, 5.41) is 9.77. The number of fused-ring (bicyclic) bond motifs is 2. The van der Waals surface area contributed by atoms with Crippen LogP contribution in [-0.4, -0.2) is 55.3 Å². The molecule has 0 spiro atoms. The highest BCUT2D eigenvalue weighted by molar-refractivity contribution is 6.07. The lowest BCUT2D eigenvalue weighted by Crippen LogP contribution is -2.34. The molecule has 6 aromatic rings. The summed E-state index contributed by atoms with van der Waals surface area (Å²) < 4.78 is 14.8. The molecule has 1 aliphatic heterocycles. The standard InChI is InChI=1S/C32H32N8O3/c1-38-25-6-4-3-5-21(25)15-26(38)32(41)36-24-8-7-22(16-27(24)42-2)29-28-30(33)34-19-35-31(28)40(37-29)23-9-12-39(13-10-23)17-20-11-14-43-18-20/h3-8,11,14-16,18-19,23H,9-10,12-13,17H2,1-2H3,(H,36,41)(H2,33,34,35). The Morgan fingerprint density at radius 1 is 1.12 bits per heavy atom. The van der Waals surface area contributed by atoms with Crippen molar-refractivity contribution in [3.8, 4) is 17.0 Å². The second-order valence-electron chi connectivity index (χ2n) is 10.9. The third kappa shape index (κ3) is 4.87. The van der Waals surface area contributed by atoms with E-state index in [0.29, 0.717) is 39.7 Å². The van der Waals surface area contributed by atoms with E-state index < -0.39 is 0 Å². The van der Waals surface area contributed by atoms with E-state index >= 15 is 0 Å². The molecule has 0 saturated carbocycles. The van der Waals surface area contributed by atoms with E-state index in [0.717, 1.165) is 48.9 Å². The fourth-order valence-electron chi connectivity index (χ4n) is 6.05. The Hall–Kier alpha value is -5.16. The van der Waals surface area contributed by atoms with Crippen LogP contribution >= 0.6 is 0 Å². The molecule has 0 radical (unpaired) electrons. The van der Waals surface area contributed by atoms with Gasteiger partial charge in [0.1, 0.15) is 29.3 Å². The number of furan rings is 1. The summed E-state index contributed by atoms with van der Waals surface area (Å²) in [5.41, 5.74) is 11.9. The number of hydrogen-bond acceptors (Lipinski definition) is 8. The highest BCUT2D eigenvalue weighted by Crippen LogP contribution is 2.37. The van der Waals surface area contributed by atoms with Crippen LogP contribution in [-0.2, 0) is 13.6 Å². The van der Waals surface area contributed by atoms with Crippen molar-refractivity contribution in [1.82, 2.24) is 29.2 Å². The largest absolute Gasteiger partial charge is 0.495 e. The number of rotatable bonds is 7. The normalized spacial score (nSPS) is 14.5. The van der Waals surface area contributed by atoms with Crippen LogP contribution in [0, 0.1) is 0 Å². The smallest absolute Gasteiger partial charge is 0.272 e. The third-order valence-electron chi connectivity index (χ3n) is 8.31. The third-order valence-corrected chi connectivity index (χ3v) is 8.31. The van der Waals surface area contributed by atoms with Crippen molar-refractivity contribution in [3.05, 3.63) is 84.7 Å².